The number of hydrogen-bond acceptors (Lipinski definition) is 6. The van der Waals surface area contributed by atoms with E-state index in [1.807, 2.05) is 58.5 Å². The SMILES string of the molecule is CCN(CC(=O)N1CCc2sccc2C1COc1cccc(F)c1)CC(O)COCc1ccccc1. The second kappa shape index (κ2) is 13.0. The van der Waals surface area contributed by atoms with Crippen molar-refractivity contribution in [3.8, 4) is 5.75 Å². The van der Waals surface area contributed by atoms with E-state index in [1.54, 1.807) is 23.5 Å². The highest BCUT2D eigenvalue weighted by Gasteiger charge is 2.33. The second-order valence-electron chi connectivity index (χ2n) is 8.90. The van der Waals surface area contributed by atoms with Crippen LogP contribution < -0.4 is 4.74 Å². The molecule has 0 fully saturated rings. The second-order valence-corrected chi connectivity index (χ2v) is 9.90. The summed E-state index contributed by atoms with van der Waals surface area (Å²) in [5.74, 6) is 0.0719. The van der Waals surface area contributed by atoms with Crippen LogP contribution in [-0.4, -0.2) is 66.3 Å². The van der Waals surface area contributed by atoms with Gasteiger partial charge in [-0.1, -0.05) is 43.3 Å². The van der Waals surface area contributed by atoms with Crippen LogP contribution in [0, 0.1) is 5.82 Å². The Hall–Kier alpha value is -2.78. The van der Waals surface area contributed by atoms with Gasteiger partial charge in [0.05, 0.1) is 31.9 Å². The zero-order valence-corrected chi connectivity index (χ0v) is 21.3. The van der Waals surface area contributed by atoms with Crippen molar-refractivity contribution in [2.24, 2.45) is 0 Å². The quantitative estimate of drug-likeness (QED) is 0.392. The number of nitrogens with zero attached hydrogens (tertiary/aromatic N) is 2. The van der Waals surface area contributed by atoms with Gasteiger partial charge in [0, 0.05) is 24.0 Å². The Balaban J connectivity index is 1.33. The molecular weight excluding hydrogens is 479 g/mol. The van der Waals surface area contributed by atoms with Crippen LogP contribution in [0.25, 0.3) is 0 Å². The third-order valence-corrected chi connectivity index (χ3v) is 7.31. The average Bonchev–Trinajstić information content (AvgIpc) is 3.36. The minimum Gasteiger partial charge on any atom is -0.491 e. The van der Waals surface area contributed by atoms with Crippen molar-refractivity contribution < 1.29 is 23.8 Å². The van der Waals surface area contributed by atoms with Crippen molar-refractivity contribution in [3.63, 3.8) is 0 Å². The molecule has 2 aromatic carbocycles. The predicted molar refractivity (Wildman–Crippen MR) is 139 cm³/mol. The van der Waals surface area contributed by atoms with E-state index in [2.05, 4.69) is 0 Å². The molecule has 0 spiro atoms. The zero-order valence-electron chi connectivity index (χ0n) is 20.5. The van der Waals surface area contributed by atoms with Crippen molar-refractivity contribution in [2.45, 2.75) is 32.1 Å². The Labute approximate surface area is 215 Å². The molecule has 8 heteroatoms. The number of halogens is 1. The molecule has 36 heavy (non-hydrogen) atoms. The van der Waals surface area contributed by atoms with E-state index in [0.717, 1.165) is 17.5 Å². The molecule has 1 aliphatic rings. The molecule has 2 unspecified atom stereocenters. The summed E-state index contributed by atoms with van der Waals surface area (Å²) >= 11 is 1.69. The summed E-state index contributed by atoms with van der Waals surface area (Å²) in [6, 6.07) is 17.7. The normalized spacial score (nSPS) is 16.1. The van der Waals surface area contributed by atoms with Gasteiger partial charge in [-0.25, -0.2) is 4.39 Å². The standard InChI is InChI=1S/C28H33FN2O4S/c1-2-30(16-23(32)19-34-18-21-7-4-3-5-8-21)17-28(33)31-13-11-27-25(12-14-36-27)26(31)20-35-24-10-6-9-22(29)15-24/h3-10,12,14-15,23,26,32H,2,11,13,16-20H2,1H3. The van der Waals surface area contributed by atoms with E-state index < -0.39 is 6.10 Å². The maximum atomic E-state index is 13.6. The topological polar surface area (TPSA) is 62.2 Å². The fraction of sp³-hybridized carbons (Fsp3) is 0.393. The van der Waals surface area contributed by atoms with Crippen molar-refractivity contribution >= 4 is 17.2 Å². The van der Waals surface area contributed by atoms with Gasteiger partial charge in [-0.15, -0.1) is 11.3 Å². The Bertz CT molecular complexity index is 1110. The molecular formula is C28H33FN2O4S. The number of rotatable bonds is 12. The van der Waals surface area contributed by atoms with Crippen LogP contribution in [0.5, 0.6) is 5.75 Å². The van der Waals surface area contributed by atoms with Crippen molar-refractivity contribution in [1.82, 2.24) is 9.80 Å². The van der Waals surface area contributed by atoms with Gasteiger partial charge in [0.2, 0.25) is 5.91 Å². The predicted octanol–water partition coefficient (Wildman–Crippen LogP) is 4.29. The fourth-order valence-electron chi connectivity index (χ4n) is 4.43. The van der Waals surface area contributed by atoms with Gasteiger partial charge in [0.1, 0.15) is 18.2 Å². The lowest BCUT2D eigenvalue weighted by Gasteiger charge is -2.37. The highest BCUT2D eigenvalue weighted by molar-refractivity contribution is 7.10. The number of ether oxygens (including phenoxy) is 2. The third kappa shape index (κ3) is 7.13. The summed E-state index contributed by atoms with van der Waals surface area (Å²) in [4.78, 5) is 18.5. The first-order chi connectivity index (χ1) is 17.5. The first kappa shape index (κ1) is 26.3. The molecule has 6 nitrogen and oxygen atoms in total. The Morgan fingerprint density at radius 2 is 2.06 bits per heavy atom. The number of hydrogen-bond donors (Lipinski definition) is 1. The molecule has 4 rings (SSSR count). The first-order valence-electron chi connectivity index (χ1n) is 12.3. The lowest BCUT2D eigenvalue weighted by molar-refractivity contribution is -0.136. The van der Waals surface area contributed by atoms with Crippen molar-refractivity contribution in [2.75, 3.05) is 39.4 Å². The Morgan fingerprint density at radius 3 is 2.83 bits per heavy atom. The molecule has 2 atom stereocenters. The molecule has 0 saturated heterocycles. The zero-order chi connectivity index (χ0) is 25.3. The third-order valence-electron chi connectivity index (χ3n) is 6.32. The summed E-state index contributed by atoms with van der Waals surface area (Å²) in [7, 11) is 0. The highest BCUT2D eigenvalue weighted by atomic mass is 32.1. The molecule has 192 valence electrons. The van der Waals surface area contributed by atoms with E-state index in [1.165, 1.54) is 17.0 Å². The van der Waals surface area contributed by atoms with E-state index in [4.69, 9.17) is 9.47 Å². The van der Waals surface area contributed by atoms with Crippen molar-refractivity contribution in [1.29, 1.82) is 0 Å². The van der Waals surface area contributed by atoms with Crippen LogP contribution in [0.2, 0.25) is 0 Å². The first-order valence-corrected chi connectivity index (χ1v) is 13.2. The van der Waals surface area contributed by atoms with E-state index in [0.29, 0.717) is 32.0 Å². The van der Waals surface area contributed by atoms with E-state index in [-0.39, 0.29) is 37.5 Å². The van der Waals surface area contributed by atoms with Gasteiger partial charge in [-0.2, -0.15) is 0 Å². The summed E-state index contributed by atoms with van der Waals surface area (Å²) in [6.45, 7) is 4.64. The Kier molecular flexibility index (Phi) is 9.47. The summed E-state index contributed by atoms with van der Waals surface area (Å²) in [5.41, 5.74) is 2.14. The van der Waals surface area contributed by atoms with Crippen LogP contribution in [0.3, 0.4) is 0 Å². The molecule has 0 radical (unpaired) electrons. The summed E-state index contributed by atoms with van der Waals surface area (Å²) in [5, 5.41) is 12.5. The van der Waals surface area contributed by atoms with Gasteiger partial charge < -0.3 is 19.5 Å². The number of thiophene rings is 1. The summed E-state index contributed by atoms with van der Waals surface area (Å²) in [6.07, 6.45) is 0.107. The number of aliphatic hydroxyl groups is 1. The van der Waals surface area contributed by atoms with Crippen LogP contribution in [0.15, 0.2) is 66.0 Å². The number of aliphatic hydroxyl groups excluding tert-OH is 1. The van der Waals surface area contributed by atoms with Gasteiger partial charge in [0.25, 0.3) is 0 Å². The van der Waals surface area contributed by atoms with Crippen LogP contribution in [-0.2, 0) is 22.6 Å². The molecule has 1 aromatic heterocycles. The molecule has 0 saturated carbocycles. The van der Waals surface area contributed by atoms with Gasteiger partial charge >= 0.3 is 0 Å². The lowest BCUT2D eigenvalue weighted by Crippen LogP contribution is -2.48. The number of amides is 1. The molecule has 2 heterocycles. The highest BCUT2D eigenvalue weighted by Crippen LogP contribution is 2.34. The molecule has 1 N–H and O–H groups in total. The lowest BCUT2D eigenvalue weighted by atomic mass is 10.0. The number of fused-ring (bicyclic) bond motifs is 1. The van der Waals surface area contributed by atoms with E-state index >= 15 is 0 Å². The molecule has 0 aliphatic carbocycles. The largest absolute Gasteiger partial charge is 0.491 e. The Morgan fingerprint density at radius 1 is 1.22 bits per heavy atom. The average molecular weight is 513 g/mol. The van der Waals surface area contributed by atoms with Crippen molar-refractivity contribution in [3.05, 3.63) is 87.9 Å². The smallest absolute Gasteiger partial charge is 0.237 e. The number of likely N-dealkylation sites (N-methyl/N-ethyl adjacent to an activating group) is 1. The number of benzene rings is 2. The van der Waals surface area contributed by atoms with Crippen LogP contribution >= 0.6 is 11.3 Å². The van der Waals surface area contributed by atoms with Crippen LogP contribution in [0.4, 0.5) is 4.39 Å². The van der Waals surface area contributed by atoms with E-state index in [9.17, 15) is 14.3 Å². The molecule has 1 aliphatic heterocycles. The molecule has 1 amide bonds. The maximum absolute atomic E-state index is 13.6. The molecule has 0 bridgehead atoms. The maximum Gasteiger partial charge on any atom is 0.237 e. The van der Waals surface area contributed by atoms with Gasteiger partial charge in [-0.05, 0) is 47.7 Å². The fourth-order valence-corrected chi connectivity index (χ4v) is 5.36. The van der Waals surface area contributed by atoms with Gasteiger partial charge in [0.15, 0.2) is 0 Å². The monoisotopic (exact) mass is 512 g/mol. The number of carbonyl (C=O) groups excluding carboxylic acids is 1. The summed E-state index contributed by atoms with van der Waals surface area (Å²) < 4.78 is 25.2. The number of carbonyl (C=O) groups is 1. The van der Waals surface area contributed by atoms with Crippen LogP contribution in [0.1, 0.15) is 29.0 Å². The minimum absolute atomic E-state index is 0.0149. The minimum atomic E-state index is -0.696. The molecule has 3 aromatic rings. The van der Waals surface area contributed by atoms with Gasteiger partial charge in [-0.3, -0.25) is 9.69 Å².